The molecule has 1 fully saturated rings. The van der Waals surface area contributed by atoms with Crippen LogP contribution in [0.4, 0.5) is 0 Å². The molecule has 0 saturated carbocycles. The molecule has 3 N–H and O–H groups in total. The summed E-state index contributed by atoms with van der Waals surface area (Å²) in [6.07, 6.45) is 1.55. The van der Waals surface area contributed by atoms with Gasteiger partial charge in [-0.15, -0.1) is 0 Å². The van der Waals surface area contributed by atoms with Gasteiger partial charge in [-0.05, 0) is 57.7 Å². The number of nitrogens with zero attached hydrogens (tertiary/aromatic N) is 1. The van der Waals surface area contributed by atoms with Crippen LogP contribution in [-0.2, 0) is 16.1 Å². The zero-order chi connectivity index (χ0) is 19.7. The first-order chi connectivity index (χ1) is 13.0. The van der Waals surface area contributed by atoms with Crippen molar-refractivity contribution in [3.05, 3.63) is 35.4 Å². The summed E-state index contributed by atoms with van der Waals surface area (Å²) in [5.41, 5.74) is 1.14. The van der Waals surface area contributed by atoms with Crippen molar-refractivity contribution in [1.82, 2.24) is 20.9 Å². The summed E-state index contributed by atoms with van der Waals surface area (Å²) < 4.78 is 5.31. The maximum absolute atomic E-state index is 12.7. The van der Waals surface area contributed by atoms with Crippen LogP contribution in [0.15, 0.2) is 24.3 Å². The summed E-state index contributed by atoms with van der Waals surface area (Å²) in [5.74, 6) is -0.0439. The van der Waals surface area contributed by atoms with Crippen LogP contribution in [0.25, 0.3) is 0 Å². The van der Waals surface area contributed by atoms with E-state index >= 15 is 0 Å². The molecule has 7 heteroatoms. The smallest absolute Gasteiger partial charge is 0.251 e. The number of carbonyl (C=O) groups is 2. The van der Waals surface area contributed by atoms with E-state index in [-0.39, 0.29) is 11.8 Å². The number of rotatable bonds is 9. The molecule has 0 aromatic heterocycles. The van der Waals surface area contributed by atoms with E-state index in [1.807, 2.05) is 31.1 Å². The fourth-order valence-corrected chi connectivity index (χ4v) is 3.26. The van der Waals surface area contributed by atoms with Gasteiger partial charge in [0.05, 0.1) is 12.0 Å². The van der Waals surface area contributed by atoms with E-state index in [0.717, 1.165) is 38.0 Å². The van der Waals surface area contributed by atoms with Gasteiger partial charge < -0.3 is 25.6 Å². The Morgan fingerprint density at radius 1 is 1.15 bits per heavy atom. The van der Waals surface area contributed by atoms with Gasteiger partial charge in [0.15, 0.2) is 0 Å². The Morgan fingerprint density at radius 3 is 2.41 bits per heavy atom. The van der Waals surface area contributed by atoms with Crippen LogP contribution in [0.2, 0.25) is 0 Å². The molecular weight excluding hydrogens is 344 g/mol. The van der Waals surface area contributed by atoms with E-state index in [0.29, 0.717) is 25.3 Å². The molecule has 27 heavy (non-hydrogen) atoms. The van der Waals surface area contributed by atoms with Gasteiger partial charge in [-0.25, -0.2) is 0 Å². The minimum atomic E-state index is -0.452. The topological polar surface area (TPSA) is 82.7 Å². The van der Waals surface area contributed by atoms with Crippen molar-refractivity contribution in [2.45, 2.75) is 19.4 Å². The van der Waals surface area contributed by atoms with Gasteiger partial charge in [0.25, 0.3) is 5.91 Å². The highest BCUT2D eigenvalue weighted by atomic mass is 16.5. The van der Waals surface area contributed by atoms with Gasteiger partial charge in [0.1, 0.15) is 0 Å². The maximum Gasteiger partial charge on any atom is 0.251 e. The van der Waals surface area contributed by atoms with Crippen molar-refractivity contribution < 1.29 is 14.3 Å². The molecule has 1 aromatic carbocycles. The fraction of sp³-hybridized carbons (Fsp3) is 0.600. The van der Waals surface area contributed by atoms with Gasteiger partial charge in [-0.3, -0.25) is 9.59 Å². The second-order valence-corrected chi connectivity index (χ2v) is 7.40. The number of methoxy groups -OCH3 is 1. The Kier molecular flexibility index (Phi) is 8.22. The van der Waals surface area contributed by atoms with Crippen LogP contribution in [0.3, 0.4) is 0 Å². The van der Waals surface area contributed by atoms with Crippen molar-refractivity contribution in [3.63, 3.8) is 0 Å². The molecule has 2 amide bonds. The molecular formula is C20H32N4O3. The average Bonchev–Trinajstić information content (AvgIpc) is 2.67. The molecule has 1 saturated heterocycles. The predicted octanol–water partition coefficient (Wildman–Crippen LogP) is 0.610. The summed E-state index contributed by atoms with van der Waals surface area (Å²) in [5, 5.41) is 9.22. The standard InChI is InChI=1S/C20H32N4O3/c1-24(2)13-12-22-18(25)17-6-4-16(5-7-17)14-23-19(26)20(15-27-3)8-10-21-11-9-20/h4-7,21H,8-15H2,1-3H3,(H,22,25)(H,23,26). The number of benzene rings is 1. The molecule has 1 aromatic rings. The third kappa shape index (κ3) is 6.30. The second kappa shape index (κ2) is 10.4. The highest BCUT2D eigenvalue weighted by Gasteiger charge is 2.39. The summed E-state index contributed by atoms with van der Waals surface area (Å²) in [7, 11) is 5.57. The van der Waals surface area contributed by atoms with Crippen molar-refractivity contribution in [3.8, 4) is 0 Å². The Labute approximate surface area is 161 Å². The molecule has 0 atom stereocenters. The lowest BCUT2D eigenvalue weighted by Crippen LogP contribution is -2.49. The van der Waals surface area contributed by atoms with E-state index < -0.39 is 5.41 Å². The Bertz CT molecular complexity index is 605. The van der Waals surface area contributed by atoms with Gasteiger partial charge in [-0.2, -0.15) is 0 Å². The number of carbonyl (C=O) groups excluding carboxylic acids is 2. The molecule has 0 radical (unpaired) electrons. The van der Waals surface area contributed by atoms with Crippen molar-refractivity contribution in [2.24, 2.45) is 5.41 Å². The highest BCUT2D eigenvalue weighted by molar-refractivity contribution is 5.94. The SMILES string of the molecule is COCC1(C(=O)NCc2ccc(C(=O)NCCN(C)C)cc2)CCNCC1. The quantitative estimate of drug-likeness (QED) is 0.588. The summed E-state index contributed by atoms with van der Waals surface area (Å²) >= 11 is 0. The van der Waals surface area contributed by atoms with Gasteiger partial charge in [-0.1, -0.05) is 12.1 Å². The van der Waals surface area contributed by atoms with E-state index in [2.05, 4.69) is 16.0 Å². The summed E-state index contributed by atoms with van der Waals surface area (Å²) in [6.45, 7) is 3.95. The van der Waals surface area contributed by atoms with Gasteiger partial charge in [0.2, 0.25) is 5.91 Å². The van der Waals surface area contributed by atoms with Crippen LogP contribution in [0, 0.1) is 5.41 Å². The molecule has 1 heterocycles. The van der Waals surface area contributed by atoms with Gasteiger partial charge >= 0.3 is 0 Å². The summed E-state index contributed by atoms with van der Waals surface area (Å²) in [4.78, 5) is 26.9. The molecule has 0 spiro atoms. The molecule has 1 aliphatic heterocycles. The minimum Gasteiger partial charge on any atom is -0.384 e. The predicted molar refractivity (Wildman–Crippen MR) is 106 cm³/mol. The number of hydrogen-bond donors (Lipinski definition) is 3. The number of hydrogen-bond acceptors (Lipinski definition) is 5. The third-order valence-corrected chi connectivity index (χ3v) is 4.98. The average molecular weight is 377 g/mol. The van der Waals surface area contributed by atoms with E-state index in [1.165, 1.54) is 0 Å². The first-order valence-electron chi connectivity index (χ1n) is 9.47. The maximum atomic E-state index is 12.7. The van der Waals surface area contributed by atoms with Crippen LogP contribution in [0.1, 0.15) is 28.8 Å². The van der Waals surface area contributed by atoms with E-state index in [9.17, 15) is 9.59 Å². The number of likely N-dealkylation sites (N-methyl/N-ethyl adjacent to an activating group) is 1. The zero-order valence-corrected chi connectivity index (χ0v) is 16.6. The lowest BCUT2D eigenvalue weighted by atomic mass is 9.78. The molecule has 0 aliphatic carbocycles. The molecule has 1 aliphatic rings. The molecule has 2 rings (SSSR count). The lowest BCUT2D eigenvalue weighted by Gasteiger charge is -2.35. The van der Waals surface area contributed by atoms with Crippen molar-refractivity contribution in [1.29, 1.82) is 0 Å². The molecule has 0 unspecified atom stereocenters. The van der Waals surface area contributed by atoms with E-state index in [4.69, 9.17) is 4.74 Å². The van der Waals surface area contributed by atoms with Gasteiger partial charge in [0, 0.05) is 32.3 Å². The van der Waals surface area contributed by atoms with Crippen LogP contribution in [-0.4, -0.2) is 70.7 Å². The molecule has 150 valence electrons. The lowest BCUT2D eigenvalue weighted by molar-refractivity contribution is -0.136. The first-order valence-corrected chi connectivity index (χ1v) is 9.47. The number of ether oxygens (including phenoxy) is 1. The normalized spacial score (nSPS) is 16.1. The molecule has 0 bridgehead atoms. The highest BCUT2D eigenvalue weighted by Crippen LogP contribution is 2.29. The number of nitrogens with one attached hydrogen (secondary N) is 3. The second-order valence-electron chi connectivity index (χ2n) is 7.40. The van der Waals surface area contributed by atoms with Crippen LogP contribution >= 0.6 is 0 Å². The summed E-state index contributed by atoms with van der Waals surface area (Å²) in [6, 6.07) is 7.35. The van der Waals surface area contributed by atoms with Crippen LogP contribution in [0.5, 0.6) is 0 Å². The Balaban J connectivity index is 1.86. The van der Waals surface area contributed by atoms with Crippen molar-refractivity contribution in [2.75, 3.05) is 54.0 Å². The minimum absolute atomic E-state index is 0.0383. The molecule has 7 nitrogen and oxygen atoms in total. The van der Waals surface area contributed by atoms with Crippen LogP contribution < -0.4 is 16.0 Å². The fourth-order valence-electron chi connectivity index (χ4n) is 3.26. The third-order valence-electron chi connectivity index (χ3n) is 4.98. The zero-order valence-electron chi connectivity index (χ0n) is 16.6. The van der Waals surface area contributed by atoms with E-state index in [1.54, 1.807) is 19.2 Å². The Morgan fingerprint density at radius 2 is 1.81 bits per heavy atom. The largest absolute Gasteiger partial charge is 0.384 e. The number of piperidine rings is 1. The first kappa shape index (κ1) is 21.3. The van der Waals surface area contributed by atoms with Crippen molar-refractivity contribution >= 4 is 11.8 Å². The number of amides is 2. The monoisotopic (exact) mass is 376 g/mol. The Hall–Kier alpha value is -1.96.